The fourth-order valence-electron chi connectivity index (χ4n) is 4.51. The maximum Gasteiger partial charge on any atom is 0.295 e. The minimum absolute atomic E-state index is 0.249. The minimum atomic E-state index is -0.610. The summed E-state index contributed by atoms with van der Waals surface area (Å²) in [6.07, 6.45) is 2.26. The number of nitrogens with two attached hydrogens (primary N) is 1. The number of benzene rings is 2. The molecule has 0 radical (unpaired) electrons. The second-order valence-electron chi connectivity index (χ2n) is 9.26. The normalized spacial score (nSPS) is 11.1. The molecule has 212 valence electrons. The number of halogens is 1. The van der Waals surface area contributed by atoms with E-state index in [1.807, 2.05) is 30.5 Å². The Kier molecular flexibility index (Phi) is 7.92. The molecule has 12 nitrogen and oxygen atoms in total. The van der Waals surface area contributed by atoms with Crippen LogP contribution in [0.3, 0.4) is 0 Å². The fraction of sp³-hybridized carbons (Fsp3) is 0.250. The molecule has 0 aliphatic heterocycles. The number of anilines is 2. The van der Waals surface area contributed by atoms with Crippen molar-refractivity contribution in [3.05, 3.63) is 70.6 Å². The lowest BCUT2D eigenvalue weighted by molar-refractivity contribution is 0.0995. The third kappa shape index (κ3) is 5.87. The monoisotopic (exact) mass is 576 g/mol. The highest BCUT2D eigenvalue weighted by atomic mass is 35.5. The molecular formula is C28H29ClN8O4. The molecule has 0 fully saturated rings. The Balaban J connectivity index is 1.38. The summed E-state index contributed by atoms with van der Waals surface area (Å²) in [5.74, 6) is 0.359. The Morgan fingerprint density at radius 2 is 1.95 bits per heavy atom. The van der Waals surface area contributed by atoms with Gasteiger partial charge in [0.25, 0.3) is 11.9 Å². The summed E-state index contributed by atoms with van der Waals surface area (Å²) in [6, 6.07) is 12.5. The van der Waals surface area contributed by atoms with Gasteiger partial charge in [0, 0.05) is 35.8 Å². The van der Waals surface area contributed by atoms with Gasteiger partial charge in [-0.15, -0.1) is 0 Å². The predicted octanol–water partition coefficient (Wildman–Crippen LogP) is 4.73. The quantitative estimate of drug-likeness (QED) is 0.191. The molecule has 3 aromatic heterocycles. The van der Waals surface area contributed by atoms with Crippen LogP contribution in [0.2, 0.25) is 5.02 Å². The van der Waals surface area contributed by atoms with Gasteiger partial charge in [-0.25, -0.2) is 9.97 Å². The molecule has 0 unspecified atom stereocenters. The zero-order chi connectivity index (χ0) is 29.1. The van der Waals surface area contributed by atoms with Gasteiger partial charge in [-0.2, -0.15) is 5.10 Å². The number of carbonyl (C=O) groups is 2. The highest BCUT2D eigenvalue weighted by molar-refractivity contribution is 6.30. The van der Waals surface area contributed by atoms with Crippen LogP contribution in [-0.4, -0.2) is 49.8 Å². The van der Waals surface area contributed by atoms with Crippen molar-refractivity contribution >= 4 is 46.4 Å². The van der Waals surface area contributed by atoms with Gasteiger partial charge in [-0.05, 0) is 62.7 Å². The van der Waals surface area contributed by atoms with Gasteiger partial charge >= 0.3 is 0 Å². The van der Waals surface area contributed by atoms with Crippen LogP contribution in [0, 0.1) is 6.92 Å². The number of oxazole rings is 1. The van der Waals surface area contributed by atoms with Crippen LogP contribution in [0.5, 0.6) is 5.75 Å². The number of nitrogens with zero attached hydrogens (tertiary/aromatic N) is 5. The van der Waals surface area contributed by atoms with E-state index in [0.717, 1.165) is 11.3 Å². The number of aromatic nitrogens is 5. The second-order valence-corrected chi connectivity index (χ2v) is 9.69. The molecule has 2 aromatic carbocycles. The van der Waals surface area contributed by atoms with Crippen molar-refractivity contribution in [2.75, 3.05) is 24.3 Å². The lowest BCUT2D eigenvalue weighted by Crippen LogP contribution is -2.20. The summed E-state index contributed by atoms with van der Waals surface area (Å²) in [5.41, 5.74) is 8.86. The highest BCUT2D eigenvalue weighted by Crippen LogP contribution is 2.31. The molecule has 0 bridgehead atoms. The van der Waals surface area contributed by atoms with Crippen LogP contribution < -0.4 is 21.1 Å². The smallest absolute Gasteiger partial charge is 0.295 e. The number of primary amides is 1. The molecule has 0 saturated heterocycles. The van der Waals surface area contributed by atoms with Crippen molar-refractivity contribution in [2.45, 2.75) is 33.4 Å². The van der Waals surface area contributed by atoms with E-state index < -0.39 is 5.91 Å². The van der Waals surface area contributed by atoms with Crippen LogP contribution in [0.1, 0.15) is 39.9 Å². The Bertz CT molecular complexity index is 1720. The van der Waals surface area contributed by atoms with Crippen molar-refractivity contribution in [1.29, 1.82) is 0 Å². The van der Waals surface area contributed by atoms with E-state index in [-0.39, 0.29) is 11.5 Å². The number of carbonyl (C=O) groups excluding carboxylic acids is 2. The number of ether oxygens (including phenoxy) is 1. The highest BCUT2D eigenvalue weighted by Gasteiger charge is 2.21. The van der Waals surface area contributed by atoms with Crippen LogP contribution in [0.15, 0.2) is 53.1 Å². The largest absolute Gasteiger partial charge is 0.494 e. The molecule has 0 aliphatic carbocycles. The molecule has 3 heterocycles. The first-order valence-electron chi connectivity index (χ1n) is 13.0. The zero-order valence-electron chi connectivity index (χ0n) is 22.8. The maximum absolute atomic E-state index is 13.2. The number of hydrogen-bond acceptors (Lipinski definition) is 8. The zero-order valence-corrected chi connectivity index (χ0v) is 23.5. The third-order valence-electron chi connectivity index (χ3n) is 6.44. The van der Waals surface area contributed by atoms with Crippen LogP contribution in [0.25, 0.3) is 22.4 Å². The van der Waals surface area contributed by atoms with Crippen molar-refractivity contribution in [1.82, 2.24) is 24.3 Å². The predicted molar refractivity (Wildman–Crippen MR) is 155 cm³/mol. The first-order valence-corrected chi connectivity index (χ1v) is 13.3. The number of nitrogens with one attached hydrogen (secondary N) is 2. The summed E-state index contributed by atoms with van der Waals surface area (Å²) in [6.45, 7) is 5.23. The van der Waals surface area contributed by atoms with E-state index in [1.54, 1.807) is 41.2 Å². The SMILES string of the molecule is CCn1nc(C)cc1C(=O)Nc1nc2cc(C(N)=O)cc(OC)c2n1CCCNc1ncc(-c2ccc(Cl)cc2)o1. The van der Waals surface area contributed by atoms with Gasteiger partial charge in [0.2, 0.25) is 11.9 Å². The minimum Gasteiger partial charge on any atom is -0.494 e. The van der Waals surface area contributed by atoms with Gasteiger partial charge in [-0.1, -0.05) is 11.6 Å². The van der Waals surface area contributed by atoms with E-state index in [1.165, 1.54) is 7.11 Å². The molecule has 0 aliphatic rings. The number of hydrogen-bond donors (Lipinski definition) is 3. The molecular weight excluding hydrogens is 548 g/mol. The van der Waals surface area contributed by atoms with Crippen molar-refractivity contribution in [3.8, 4) is 17.1 Å². The van der Waals surface area contributed by atoms with Gasteiger partial charge in [0.1, 0.15) is 17.0 Å². The number of amides is 2. The van der Waals surface area contributed by atoms with Crippen molar-refractivity contribution < 1.29 is 18.7 Å². The molecule has 0 atom stereocenters. The lowest BCUT2D eigenvalue weighted by atomic mass is 10.1. The lowest BCUT2D eigenvalue weighted by Gasteiger charge is -2.13. The first-order chi connectivity index (χ1) is 19.8. The van der Waals surface area contributed by atoms with E-state index in [4.69, 9.17) is 26.5 Å². The first kappa shape index (κ1) is 27.7. The van der Waals surface area contributed by atoms with Crippen LogP contribution >= 0.6 is 11.6 Å². The van der Waals surface area contributed by atoms with E-state index in [9.17, 15) is 9.59 Å². The van der Waals surface area contributed by atoms with Crippen LogP contribution in [-0.2, 0) is 13.1 Å². The van der Waals surface area contributed by atoms with E-state index in [2.05, 4.69) is 25.7 Å². The number of methoxy groups -OCH3 is 1. The Morgan fingerprint density at radius 3 is 2.66 bits per heavy atom. The summed E-state index contributed by atoms with van der Waals surface area (Å²) in [4.78, 5) is 34.1. The molecule has 2 amide bonds. The van der Waals surface area contributed by atoms with Gasteiger partial charge in [0.05, 0.1) is 24.5 Å². The van der Waals surface area contributed by atoms with Crippen molar-refractivity contribution in [3.63, 3.8) is 0 Å². The second kappa shape index (κ2) is 11.7. The third-order valence-corrected chi connectivity index (χ3v) is 6.69. The number of aryl methyl sites for hydroxylation is 3. The summed E-state index contributed by atoms with van der Waals surface area (Å²) >= 11 is 5.97. The molecule has 5 rings (SSSR count). The Labute approximate surface area is 240 Å². The summed E-state index contributed by atoms with van der Waals surface area (Å²) in [5, 5.41) is 11.1. The molecule has 5 aromatic rings. The fourth-order valence-corrected chi connectivity index (χ4v) is 4.64. The topological polar surface area (TPSA) is 155 Å². The van der Waals surface area contributed by atoms with Crippen LogP contribution in [0.4, 0.5) is 12.0 Å². The van der Waals surface area contributed by atoms with E-state index in [0.29, 0.717) is 71.3 Å². The summed E-state index contributed by atoms with van der Waals surface area (Å²) < 4.78 is 14.9. The molecule has 0 saturated carbocycles. The van der Waals surface area contributed by atoms with Crippen molar-refractivity contribution in [2.24, 2.45) is 5.73 Å². The Morgan fingerprint density at radius 1 is 1.17 bits per heavy atom. The number of fused-ring (bicyclic) bond motifs is 1. The number of imidazole rings is 1. The summed E-state index contributed by atoms with van der Waals surface area (Å²) in [7, 11) is 1.50. The Hall–Kier alpha value is -4.84. The van der Waals surface area contributed by atoms with Gasteiger partial charge in [-0.3, -0.25) is 19.6 Å². The standard InChI is InChI=1S/C28H29ClN8O4/c1-4-37-21(12-16(2)35-37)26(39)34-27-33-20-13-18(25(30)38)14-22(40-3)24(20)36(27)11-5-10-31-28-32-15-23(41-28)17-6-8-19(29)9-7-17/h6-9,12-15H,4-5,10-11H2,1-3H3,(H2,30,38)(H,31,32)(H,33,34,39). The van der Waals surface area contributed by atoms with Gasteiger partial charge in [0.15, 0.2) is 5.76 Å². The molecule has 0 spiro atoms. The average Bonchev–Trinajstić information content (AvgIpc) is 3.67. The maximum atomic E-state index is 13.2. The molecule has 13 heteroatoms. The number of rotatable bonds is 11. The van der Waals surface area contributed by atoms with Gasteiger partial charge < -0.3 is 24.8 Å². The van der Waals surface area contributed by atoms with E-state index >= 15 is 0 Å². The average molecular weight is 577 g/mol. The molecule has 41 heavy (non-hydrogen) atoms. The molecule has 4 N–H and O–H groups in total.